The molecule has 0 unspecified atom stereocenters. The summed E-state index contributed by atoms with van der Waals surface area (Å²) in [6.07, 6.45) is 0.880. The molecule has 0 aromatic heterocycles. The summed E-state index contributed by atoms with van der Waals surface area (Å²) in [6.45, 7) is 1.96. The number of aliphatic hydroxyl groups is 1. The third kappa shape index (κ3) is 2.53. The molecule has 4 nitrogen and oxygen atoms in total. The van der Waals surface area contributed by atoms with Crippen LogP contribution in [0, 0.1) is 10.1 Å². The quantitative estimate of drug-likeness (QED) is 0.592. The van der Waals surface area contributed by atoms with E-state index in [0.29, 0.717) is 12.0 Å². The molecular formula is C10H13NO3. The summed E-state index contributed by atoms with van der Waals surface area (Å²) in [5.41, 5.74) is 0.638. The molecule has 0 aliphatic carbocycles. The molecule has 1 rings (SSSR count). The second-order valence-electron chi connectivity index (χ2n) is 3.16. The zero-order chi connectivity index (χ0) is 10.6. The Hall–Kier alpha value is -1.42. The van der Waals surface area contributed by atoms with Crippen molar-refractivity contribution >= 4 is 5.69 Å². The van der Waals surface area contributed by atoms with E-state index in [1.165, 1.54) is 12.1 Å². The molecule has 0 saturated carbocycles. The van der Waals surface area contributed by atoms with Gasteiger partial charge in [0.2, 0.25) is 0 Å². The molecule has 0 bridgehead atoms. The van der Waals surface area contributed by atoms with Gasteiger partial charge in [0, 0.05) is 12.1 Å². The largest absolute Gasteiger partial charge is 0.388 e. The molecule has 0 saturated heterocycles. The van der Waals surface area contributed by atoms with Gasteiger partial charge in [0.25, 0.3) is 5.69 Å². The minimum atomic E-state index is -0.597. The topological polar surface area (TPSA) is 63.4 Å². The summed E-state index contributed by atoms with van der Waals surface area (Å²) >= 11 is 0. The van der Waals surface area contributed by atoms with Crippen LogP contribution >= 0.6 is 0 Å². The highest BCUT2D eigenvalue weighted by molar-refractivity contribution is 5.35. The number of hydrogen-bond acceptors (Lipinski definition) is 3. The Kier molecular flexibility index (Phi) is 3.59. The van der Waals surface area contributed by atoms with Gasteiger partial charge in [-0.05, 0) is 12.0 Å². The zero-order valence-electron chi connectivity index (χ0n) is 8.01. The lowest BCUT2D eigenvalue weighted by molar-refractivity contribution is -0.385. The highest BCUT2D eigenvalue weighted by Gasteiger charge is 2.10. The van der Waals surface area contributed by atoms with Gasteiger partial charge in [-0.15, -0.1) is 0 Å². The molecule has 0 heterocycles. The van der Waals surface area contributed by atoms with Crippen LogP contribution in [0.1, 0.15) is 31.4 Å². The van der Waals surface area contributed by atoms with E-state index in [9.17, 15) is 15.2 Å². The Bertz CT molecular complexity index is 325. The van der Waals surface area contributed by atoms with E-state index in [0.717, 1.165) is 6.42 Å². The van der Waals surface area contributed by atoms with E-state index < -0.39 is 11.0 Å². The second kappa shape index (κ2) is 4.72. The first kappa shape index (κ1) is 10.7. The normalized spacial score (nSPS) is 12.4. The molecule has 1 aromatic rings. The van der Waals surface area contributed by atoms with Crippen LogP contribution in [0.5, 0.6) is 0 Å². The first-order valence-corrected chi connectivity index (χ1v) is 4.57. The van der Waals surface area contributed by atoms with Gasteiger partial charge >= 0.3 is 0 Å². The minimum absolute atomic E-state index is 0.0256. The van der Waals surface area contributed by atoms with Crippen LogP contribution in [0.3, 0.4) is 0 Å². The monoisotopic (exact) mass is 195 g/mol. The number of nitro groups is 1. The van der Waals surface area contributed by atoms with Crippen molar-refractivity contribution in [3.05, 3.63) is 39.9 Å². The van der Waals surface area contributed by atoms with Gasteiger partial charge in [-0.25, -0.2) is 0 Å². The zero-order valence-corrected chi connectivity index (χ0v) is 8.01. The Morgan fingerprint density at radius 1 is 1.57 bits per heavy atom. The molecule has 0 fully saturated rings. The third-order valence-electron chi connectivity index (χ3n) is 2.03. The van der Waals surface area contributed by atoms with Crippen molar-refractivity contribution in [3.63, 3.8) is 0 Å². The number of rotatable bonds is 4. The van der Waals surface area contributed by atoms with Gasteiger partial charge in [-0.2, -0.15) is 0 Å². The van der Waals surface area contributed by atoms with E-state index in [2.05, 4.69) is 0 Å². The maximum Gasteiger partial charge on any atom is 0.269 e. The lowest BCUT2D eigenvalue weighted by Gasteiger charge is -2.08. The lowest BCUT2D eigenvalue weighted by atomic mass is 10.1. The number of non-ortho nitro benzene ring substituents is 1. The Labute approximate surface area is 82.3 Å². The van der Waals surface area contributed by atoms with Crippen LogP contribution in [0.25, 0.3) is 0 Å². The molecule has 0 aliphatic rings. The number of nitro benzene ring substituents is 1. The van der Waals surface area contributed by atoms with Crippen LogP contribution in [0.15, 0.2) is 24.3 Å². The first-order chi connectivity index (χ1) is 6.65. The van der Waals surface area contributed by atoms with Crippen molar-refractivity contribution in [2.24, 2.45) is 0 Å². The number of benzene rings is 1. The van der Waals surface area contributed by atoms with Crippen molar-refractivity contribution in [1.29, 1.82) is 0 Å². The Morgan fingerprint density at radius 3 is 2.86 bits per heavy atom. The summed E-state index contributed by atoms with van der Waals surface area (Å²) < 4.78 is 0. The lowest BCUT2D eigenvalue weighted by Crippen LogP contribution is -1.97. The highest BCUT2D eigenvalue weighted by Crippen LogP contribution is 2.22. The van der Waals surface area contributed by atoms with Gasteiger partial charge in [0.15, 0.2) is 0 Å². The van der Waals surface area contributed by atoms with E-state index in [1.54, 1.807) is 12.1 Å². The SMILES string of the molecule is CCC[C@H](O)c1cccc([N+](=O)[O-])c1. The summed E-state index contributed by atoms with van der Waals surface area (Å²) in [7, 11) is 0. The standard InChI is InChI=1S/C10H13NO3/c1-2-4-10(12)8-5-3-6-9(7-8)11(13)14/h3,5-7,10,12H,2,4H2,1H3/t10-/m0/s1. The van der Waals surface area contributed by atoms with Crippen LogP contribution in [0.4, 0.5) is 5.69 Å². The van der Waals surface area contributed by atoms with E-state index in [-0.39, 0.29) is 5.69 Å². The van der Waals surface area contributed by atoms with Crippen LogP contribution < -0.4 is 0 Å². The van der Waals surface area contributed by atoms with Gasteiger partial charge in [0.05, 0.1) is 11.0 Å². The summed E-state index contributed by atoms with van der Waals surface area (Å²) in [5.74, 6) is 0. The number of aliphatic hydroxyl groups excluding tert-OH is 1. The van der Waals surface area contributed by atoms with Crippen molar-refractivity contribution in [3.8, 4) is 0 Å². The molecule has 14 heavy (non-hydrogen) atoms. The molecule has 0 spiro atoms. The van der Waals surface area contributed by atoms with Crippen molar-refractivity contribution in [2.45, 2.75) is 25.9 Å². The van der Waals surface area contributed by atoms with Crippen LogP contribution in [-0.4, -0.2) is 10.0 Å². The van der Waals surface area contributed by atoms with Crippen molar-refractivity contribution in [2.75, 3.05) is 0 Å². The van der Waals surface area contributed by atoms with Crippen molar-refractivity contribution < 1.29 is 10.0 Å². The average Bonchev–Trinajstić information content (AvgIpc) is 2.18. The van der Waals surface area contributed by atoms with Crippen LogP contribution in [-0.2, 0) is 0 Å². The van der Waals surface area contributed by atoms with Gasteiger partial charge in [-0.3, -0.25) is 10.1 Å². The molecule has 1 atom stereocenters. The molecule has 1 aromatic carbocycles. The maximum atomic E-state index is 10.5. The van der Waals surface area contributed by atoms with E-state index >= 15 is 0 Å². The number of hydrogen-bond donors (Lipinski definition) is 1. The molecule has 0 radical (unpaired) electrons. The molecule has 4 heteroatoms. The first-order valence-electron chi connectivity index (χ1n) is 4.57. The maximum absolute atomic E-state index is 10.5. The Balaban J connectivity index is 2.87. The fourth-order valence-electron chi connectivity index (χ4n) is 1.29. The fourth-order valence-corrected chi connectivity index (χ4v) is 1.29. The van der Waals surface area contributed by atoms with Gasteiger partial charge < -0.3 is 5.11 Å². The predicted molar refractivity (Wildman–Crippen MR) is 53.0 cm³/mol. The minimum Gasteiger partial charge on any atom is -0.388 e. The average molecular weight is 195 g/mol. The van der Waals surface area contributed by atoms with Crippen LogP contribution in [0.2, 0.25) is 0 Å². The van der Waals surface area contributed by atoms with Gasteiger partial charge in [-0.1, -0.05) is 25.5 Å². The Morgan fingerprint density at radius 2 is 2.29 bits per heavy atom. The highest BCUT2D eigenvalue weighted by atomic mass is 16.6. The van der Waals surface area contributed by atoms with Gasteiger partial charge in [0.1, 0.15) is 0 Å². The molecule has 76 valence electrons. The molecule has 0 aliphatic heterocycles. The molecular weight excluding hydrogens is 182 g/mol. The second-order valence-corrected chi connectivity index (χ2v) is 3.16. The summed E-state index contributed by atoms with van der Waals surface area (Å²) in [6, 6.07) is 6.13. The third-order valence-corrected chi connectivity index (χ3v) is 2.03. The number of nitrogens with zero attached hydrogens (tertiary/aromatic N) is 1. The summed E-state index contributed by atoms with van der Waals surface area (Å²) in [4.78, 5) is 10.0. The smallest absolute Gasteiger partial charge is 0.269 e. The van der Waals surface area contributed by atoms with E-state index in [4.69, 9.17) is 0 Å². The molecule has 0 amide bonds. The van der Waals surface area contributed by atoms with Crippen molar-refractivity contribution in [1.82, 2.24) is 0 Å². The molecule has 1 N–H and O–H groups in total. The van der Waals surface area contributed by atoms with E-state index in [1.807, 2.05) is 6.92 Å². The fraction of sp³-hybridized carbons (Fsp3) is 0.400. The summed E-state index contributed by atoms with van der Waals surface area (Å²) in [5, 5.41) is 20.1. The predicted octanol–water partition coefficient (Wildman–Crippen LogP) is 2.43.